The number of hydrogen-bond donors (Lipinski definition) is 1. The van der Waals surface area contributed by atoms with Crippen LogP contribution in [-0.2, 0) is 6.42 Å². The van der Waals surface area contributed by atoms with Gasteiger partial charge in [-0.1, -0.05) is 26.0 Å². The van der Waals surface area contributed by atoms with Crippen molar-refractivity contribution in [3.63, 3.8) is 0 Å². The maximum atomic E-state index is 5.51. The number of nitrogens with one attached hydrogen (secondary N) is 1. The van der Waals surface area contributed by atoms with Crippen molar-refractivity contribution in [3.05, 3.63) is 29.8 Å². The van der Waals surface area contributed by atoms with Gasteiger partial charge in [-0.2, -0.15) is 0 Å². The summed E-state index contributed by atoms with van der Waals surface area (Å²) in [7, 11) is 0. The van der Waals surface area contributed by atoms with Gasteiger partial charge in [-0.05, 0) is 62.9 Å². The molecule has 18 heavy (non-hydrogen) atoms. The Kier molecular flexibility index (Phi) is 7.51. The Balaban J connectivity index is 2.16. The van der Waals surface area contributed by atoms with Gasteiger partial charge in [0, 0.05) is 0 Å². The molecule has 0 aliphatic heterocycles. The molecule has 0 aromatic heterocycles. The average Bonchev–Trinajstić information content (AvgIpc) is 2.34. The molecule has 2 heteroatoms. The molecule has 0 radical (unpaired) electrons. The van der Waals surface area contributed by atoms with Crippen molar-refractivity contribution < 1.29 is 4.74 Å². The summed E-state index contributed by atoms with van der Waals surface area (Å²) < 4.78 is 5.51. The van der Waals surface area contributed by atoms with Crippen molar-refractivity contribution in [2.24, 2.45) is 5.92 Å². The van der Waals surface area contributed by atoms with Crippen LogP contribution in [0.15, 0.2) is 24.3 Å². The van der Waals surface area contributed by atoms with Crippen LogP contribution < -0.4 is 10.1 Å². The molecule has 1 aromatic rings. The van der Waals surface area contributed by atoms with E-state index in [2.05, 4.69) is 37.4 Å². The van der Waals surface area contributed by atoms with E-state index in [0.29, 0.717) is 0 Å². The topological polar surface area (TPSA) is 21.3 Å². The van der Waals surface area contributed by atoms with E-state index >= 15 is 0 Å². The molecular weight excluding hydrogens is 222 g/mol. The van der Waals surface area contributed by atoms with Crippen LogP contribution in [0.2, 0.25) is 0 Å². The molecule has 0 aliphatic rings. The second-order valence-corrected chi connectivity index (χ2v) is 5.14. The van der Waals surface area contributed by atoms with Crippen LogP contribution in [0.3, 0.4) is 0 Å². The van der Waals surface area contributed by atoms with Gasteiger partial charge in [0.05, 0.1) is 6.61 Å². The first-order valence-corrected chi connectivity index (χ1v) is 7.14. The average molecular weight is 249 g/mol. The third-order valence-electron chi connectivity index (χ3n) is 2.83. The van der Waals surface area contributed by atoms with E-state index in [0.717, 1.165) is 37.8 Å². The summed E-state index contributed by atoms with van der Waals surface area (Å²) in [6.45, 7) is 9.50. The molecule has 1 aromatic carbocycles. The van der Waals surface area contributed by atoms with E-state index in [-0.39, 0.29) is 0 Å². The van der Waals surface area contributed by atoms with Crippen LogP contribution in [0.5, 0.6) is 5.75 Å². The van der Waals surface area contributed by atoms with Crippen LogP contribution in [0.25, 0.3) is 0 Å². The van der Waals surface area contributed by atoms with E-state index < -0.39 is 0 Å². The molecule has 1 rings (SSSR count). The molecule has 0 saturated heterocycles. The van der Waals surface area contributed by atoms with Gasteiger partial charge in [-0.3, -0.25) is 0 Å². The van der Waals surface area contributed by atoms with Crippen LogP contribution in [0.1, 0.15) is 39.2 Å². The molecule has 0 fully saturated rings. The van der Waals surface area contributed by atoms with Gasteiger partial charge < -0.3 is 10.1 Å². The minimum atomic E-state index is 0.739. The highest BCUT2D eigenvalue weighted by Gasteiger charge is 1.97. The normalized spacial score (nSPS) is 10.9. The lowest BCUT2D eigenvalue weighted by molar-refractivity contribution is 0.340. The summed E-state index contributed by atoms with van der Waals surface area (Å²) in [5.41, 5.74) is 1.38. The van der Waals surface area contributed by atoms with Gasteiger partial charge in [-0.15, -0.1) is 0 Å². The maximum Gasteiger partial charge on any atom is 0.119 e. The first kappa shape index (κ1) is 15.0. The van der Waals surface area contributed by atoms with E-state index in [1.54, 1.807) is 0 Å². The summed E-state index contributed by atoms with van der Waals surface area (Å²) in [6.07, 6.45) is 3.62. The standard InChI is InChI=1S/C16H27NO/c1-4-18-16-10-7-9-15(12-16)8-5-6-11-17-13-14(2)3/h7,9-10,12,14,17H,4-6,8,11,13H2,1-3H3. The van der Waals surface area contributed by atoms with Crippen molar-refractivity contribution in [1.29, 1.82) is 0 Å². The molecule has 0 aliphatic carbocycles. The van der Waals surface area contributed by atoms with Gasteiger partial charge in [0.2, 0.25) is 0 Å². The number of rotatable bonds is 9. The smallest absolute Gasteiger partial charge is 0.119 e. The fourth-order valence-corrected chi connectivity index (χ4v) is 1.93. The fraction of sp³-hybridized carbons (Fsp3) is 0.625. The number of hydrogen-bond acceptors (Lipinski definition) is 2. The minimum Gasteiger partial charge on any atom is -0.494 e. The predicted octanol–water partition coefficient (Wildman–Crippen LogP) is 3.65. The molecule has 0 atom stereocenters. The number of benzene rings is 1. The van der Waals surface area contributed by atoms with Gasteiger partial charge in [0.15, 0.2) is 0 Å². The zero-order valence-corrected chi connectivity index (χ0v) is 12.0. The van der Waals surface area contributed by atoms with E-state index in [4.69, 9.17) is 4.74 Å². The maximum absolute atomic E-state index is 5.51. The molecule has 0 saturated carbocycles. The molecule has 1 N–H and O–H groups in total. The molecule has 0 amide bonds. The van der Waals surface area contributed by atoms with E-state index in [9.17, 15) is 0 Å². The van der Waals surface area contributed by atoms with Crippen molar-refractivity contribution in [2.75, 3.05) is 19.7 Å². The van der Waals surface area contributed by atoms with Crippen molar-refractivity contribution in [2.45, 2.75) is 40.0 Å². The monoisotopic (exact) mass is 249 g/mol. The quantitative estimate of drug-likeness (QED) is 0.674. The molecule has 0 bridgehead atoms. The first-order chi connectivity index (χ1) is 8.72. The third-order valence-corrected chi connectivity index (χ3v) is 2.83. The molecule has 0 unspecified atom stereocenters. The van der Waals surface area contributed by atoms with Crippen LogP contribution in [0.4, 0.5) is 0 Å². The van der Waals surface area contributed by atoms with Gasteiger partial charge in [-0.25, -0.2) is 0 Å². The van der Waals surface area contributed by atoms with Crippen LogP contribution >= 0.6 is 0 Å². The van der Waals surface area contributed by atoms with E-state index in [1.165, 1.54) is 18.4 Å². The molecule has 2 nitrogen and oxygen atoms in total. The van der Waals surface area contributed by atoms with Crippen molar-refractivity contribution in [3.8, 4) is 5.75 Å². The first-order valence-electron chi connectivity index (χ1n) is 7.14. The zero-order valence-electron chi connectivity index (χ0n) is 12.0. The predicted molar refractivity (Wildman–Crippen MR) is 78.3 cm³/mol. The number of aryl methyl sites for hydroxylation is 1. The number of ether oxygens (including phenoxy) is 1. The van der Waals surface area contributed by atoms with Crippen molar-refractivity contribution in [1.82, 2.24) is 5.32 Å². The Labute approximate surface area is 112 Å². The van der Waals surface area contributed by atoms with Crippen LogP contribution in [0, 0.1) is 5.92 Å². The largest absolute Gasteiger partial charge is 0.494 e. The molecule has 102 valence electrons. The summed E-state index contributed by atoms with van der Waals surface area (Å²) in [5, 5.41) is 3.48. The summed E-state index contributed by atoms with van der Waals surface area (Å²) in [4.78, 5) is 0. The van der Waals surface area contributed by atoms with Gasteiger partial charge in [0.1, 0.15) is 5.75 Å². The Bertz CT molecular complexity index is 323. The second kappa shape index (κ2) is 8.98. The summed E-state index contributed by atoms with van der Waals surface area (Å²) in [6, 6.07) is 8.45. The fourth-order valence-electron chi connectivity index (χ4n) is 1.93. The summed E-state index contributed by atoms with van der Waals surface area (Å²) in [5.74, 6) is 1.74. The van der Waals surface area contributed by atoms with Crippen LogP contribution in [-0.4, -0.2) is 19.7 Å². The zero-order chi connectivity index (χ0) is 13.2. The highest BCUT2D eigenvalue weighted by molar-refractivity contribution is 5.28. The Hall–Kier alpha value is -1.02. The van der Waals surface area contributed by atoms with Gasteiger partial charge in [0.25, 0.3) is 0 Å². The van der Waals surface area contributed by atoms with Crippen molar-refractivity contribution >= 4 is 0 Å². The molecule has 0 spiro atoms. The summed E-state index contributed by atoms with van der Waals surface area (Å²) >= 11 is 0. The lowest BCUT2D eigenvalue weighted by atomic mass is 10.1. The Morgan fingerprint density at radius 1 is 1.22 bits per heavy atom. The Morgan fingerprint density at radius 3 is 2.78 bits per heavy atom. The van der Waals surface area contributed by atoms with E-state index in [1.807, 2.05) is 13.0 Å². The highest BCUT2D eigenvalue weighted by Crippen LogP contribution is 2.14. The molecular formula is C16H27NO. The SMILES string of the molecule is CCOc1cccc(CCCCNCC(C)C)c1. The third kappa shape index (κ3) is 6.65. The highest BCUT2D eigenvalue weighted by atomic mass is 16.5. The lowest BCUT2D eigenvalue weighted by Gasteiger charge is -2.08. The number of unbranched alkanes of at least 4 members (excludes halogenated alkanes) is 1. The van der Waals surface area contributed by atoms with Gasteiger partial charge >= 0.3 is 0 Å². The lowest BCUT2D eigenvalue weighted by Crippen LogP contribution is -2.20. The Morgan fingerprint density at radius 2 is 2.06 bits per heavy atom. The minimum absolute atomic E-state index is 0.739. The second-order valence-electron chi connectivity index (χ2n) is 5.14. The molecule has 0 heterocycles.